The number of nitrogens with one attached hydrogen (secondary N) is 9. The first-order chi connectivity index (χ1) is 28.9. The van der Waals surface area contributed by atoms with Gasteiger partial charge in [-0.3, -0.25) is 38.4 Å². The van der Waals surface area contributed by atoms with E-state index in [1.54, 1.807) is 0 Å². The molecule has 18 heteroatoms. The van der Waals surface area contributed by atoms with Gasteiger partial charge in [0, 0.05) is 63.3 Å². The largest absolute Gasteiger partial charge is 0.369 e. The summed E-state index contributed by atoms with van der Waals surface area (Å²) in [6, 6.07) is -2.45. The zero-order chi connectivity index (χ0) is 42.5. The molecule has 0 bridgehead atoms. The molecule has 0 radical (unpaired) electrons. The summed E-state index contributed by atoms with van der Waals surface area (Å²) in [5, 5.41) is 28.0. The quantitative estimate of drug-likeness (QED) is 0.108. The second-order valence-corrected chi connectivity index (χ2v) is 18.6. The van der Waals surface area contributed by atoms with Crippen molar-refractivity contribution in [3.63, 3.8) is 0 Å². The summed E-state index contributed by atoms with van der Waals surface area (Å²) in [6.07, 6.45) is 10.7. The number of hydrogen-bond acceptors (Lipinski definition) is 10. The molecule has 0 aromatic carbocycles. The van der Waals surface area contributed by atoms with Crippen LogP contribution in [0.5, 0.6) is 0 Å². The Morgan fingerprint density at radius 3 is 0.919 bits per heavy atom. The third kappa shape index (κ3) is 11.2. The third-order valence-corrected chi connectivity index (χ3v) is 14.7. The highest BCUT2D eigenvalue weighted by molar-refractivity contribution is 5.88. The number of rotatable bonds is 14. The summed E-state index contributed by atoms with van der Waals surface area (Å²) in [5.74, 6) is -4.78. The topological polar surface area (TPSA) is 271 Å². The van der Waals surface area contributed by atoms with E-state index in [4.69, 9.17) is 5.73 Å². The molecule has 2 aliphatic heterocycles. The van der Waals surface area contributed by atoms with Gasteiger partial charge in [-0.1, -0.05) is 47.0 Å². The van der Waals surface area contributed by atoms with Crippen LogP contribution in [0.1, 0.15) is 118 Å². The molecular weight excluding hydrogens is 797 g/mol. The highest BCUT2D eigenvalue weighted by Gasteiger charge is 2.45. The molecule has 2 saturated heterocycles. The van der Waals surface area contributed by atoms with Crippen LogP contribution in [0.2, 0.25) is 0 Å². The van der Waals surface area contributed by atoms with Crippen molar-refractivity contribution in [2.24, 2.45) is 47.2 Å². The second kappa shape index (κ2) is 21.8. The molecule has 14 unspecified atom stereocenters. The Kier molecular flexibility index (Phi) is 17.2. The predicted octanol–water partition coefficient (Wildman–Crippen LogP) is -0.403. The maximum atomic E-state index is 13.8. The highest BCUT2D eigenvalue weighted by Crippen LogP contribution is 2.32. The fourth-order valence-corrected chi connectivity index (χ4v) is 11.5. The van der Waals surface area contributed by atoms with Crippen molar-refractivity contribution in [2.75, 3.05) is 26.2 Å². The molecule has 11 N–H and O–H groups in total. The first-order valence-electron chi connectivity index (χ1n) is 22.7. The molecule has 348 valence electrons. The molecule has 7 fully saturated rings. The van der Waals surface area contributed by atoms with Crippen LogP contribution < -0.4 is 53.6 Å². The lowest BCUT2D eigenvalue weighted by molar-refractivity contribution is -0.131. The minimum Gasteiger partial charge on any atom is -0.369 e. The molecule has 2 heterocycles. The van der Waals surface area contributed by atoms with Crippen molar-refractivity contribution < 1.29 is 38.4 Å². The van der Waals surface area contributed by atoms with Crippen LogP contribution in [0.15, 0.2) is 0 Å². The monoisotopic (exact) mass is 871 g/mol. The molecule has 0 spiro atoms. The van der Waals surface area contributed by atoms with Gasteiger partial charge in [0.25, 0.3) is 0 Å². The van der Waals surface area contributed by atoms with E-state index in [0.717, 1.165) is 38.5 Å². The van der Waals surface area contributed by atoms with Crippen molar-refractivity contribution in [3.8, 4) is 0 Å². The van der Waals surface area contributed by atoms with Crippen molar-refractivity contribution in [3.05, 3.63) is 0 Å². The predicted molar refractivity (Wildman–Crippen MR) is 231 cm³/mol. The fourth-order valence-electron chi connectivity index (χ4n) is 11.5. The minimum atomic E-state index is -0.541. The minimum absolute atomic E-state index is 0. The van der Waals surface area contributed by atoms with Gasteiger partial charge in [-0.15, -0.1) is 0 Å². The summed E-state index contributed by atoms with van der Waals surface area (Å²) in [6.45, 7) is 3.04. The number of carbonyl (C=O) groups excluding carboxylic acids is 8. The summed E-state index contributed by atoms with van der Waals surface area (Å²) in [4.78, 5) is 105. The van der Waals surface area contributed by atoms with Gasteiger partial charge in [0.05, 0.1) is 53.5 Å². The number of amides is 8. The van der Waals surface area contributed by atoms with Crippen LogP contribution in [-0.2, 0) is 38.4 Å². The van der Waals surface area contributed by atoms with Crippen LogP contribution in [0.25, 0.3) is 0 Å². The van der Waals surface area contributed by atoms with Crippen LogP contribution in [0.4, 0.5) is 0 Å². The lowest BCUT2D eigenvalue weighted by atomic mass is 9.95. The zero-order valence-electron chi connectivity index (χ0n) is 34.9. The van der Waals surface area contributed by atoms with E-state index in [-0.39, 0.29) is 92.2 Å². The Morgan fingerprint density at radius 2 is 0.613 bits per heavy atom. The van der Waals surface area contributed by atoms with E-state index >= 15 is 0 Å². The summed E-state index contributed by atoms with van der Waals surface area (Å²) < 4.78 is 0. The third-order valence-electron chi connectivity index (χ3n) is 14.7. The average molecular weight is 871 g/mol. The Labute approximate surface area is 366 Å². The van der Waals surface area contributed by atoms with E-state index < -0.39 is 53.6 Å². The molecule has 14 atom stereocenters. The summed E-state index contributed by atoms with van der Waals surface area (Å²) in [7, 11) is 0. The smallest absolute Gasteiger partial charge is 0.226 e. The zero-order valence-corrected chi connectivity index (χ0v) is 34.9. The number of hydrogen-bond donors (Lipinski definition) is 10. The van der Waals surface area contributed by atoms with Gasteiger partial charge in [-0.05, 0) is 64.2 Å². The number of nitrogens with two attached hydrogens (primary N) is 1. The molecule has 5 aliphatic carbocycles. The van der Waals surface area contributed by atoms with Crippen LogP contribution >= 0.6 is 0 Å². The van der Waals surface area contributed by atoms with E-state index in [2.05, 4.69) is 47.9 Å². The summed E-state index contributed by atoms with van der Waals surface area (Å²) >= 11 is 0. The molecule has 0 aromatic heterocycles. The normalized spacial score (nSPS) is 36.1. The van der Waals surface area contributed by atoms with Gasteiger partial charge < -0.3 is 53.6 Å². The van der Waals surface area contributed by atoms with Gasteiger partial charge in [0.15, 0.2) is 0 Å². The molecule has 5 saturated carbocycles. The van der Waals surface area contributed by atoms with Crippen molar-refractivity contribution in [1.82, 2.24) is 47.9 Å². The van der Waals surface area contributed by atoms with E-state index in [0.29, 0.717) is 84.0 Å². The number of primary amides is 1. The Bertz CT molecular complexity index is 1660. The van der Waals surface area contributed by atoms with Crippen molar-refractivity contribution in [2.45, 2.75) is 160 Å². The molecular formula is C44H74N10O8. The maximum absolute atomic E-state index is 13.8. The SMILES string of the molecule is C.C.CC(=O)NC1CCCC1C(=O)NC1CCCC1C(=O)NC1CNCC1C(=O)NC1CCCC1C(=O)NC1CNCC1C(=O)NC1CCCC1C(=O)NC1CCCC1C(N)=O. The molecule has 18 nitrogen and oxygen atoms in total. The van der Waals surface area contributed by atoms with Gasteiger partial charge in [0.1, 0.15) is 0 Å². The lowest BCUT2D eigenvalue weighted by Gasteiger charge is -2.29. The summed E-state index contributed by atoms with van der Waals surface area (Å²) in [5.41, 5.74) is 5.56. The number of carbonyl (C=O) groups is 8. The fraction of sp³-hybridized carbons (Fsp3) is 0.818. The first-order valence-corrected chi connectivity index (χ1v) is 22.7. The Hall–Kier alpha value is -4.32. The van der Waals surface area contributed by atoms with Crippen molar-refractivity contribution >= 4 is 47.3 Å². The van der Waals surface area contributed by atoms with Crippen LogP contribution in [0, 0.1) is 41.4 Å². The van der Waals surface area contributed by atoms with Crippen molar-refractivity contribution in [1.29, 1.82) is 0 Å². The molecule has 62 heavy (non-hydrogen) atoms. The Balaban J connectivity index is 0.00000363. The molecule has 7 rings (SSSR count). The van der Waals surface area contributed by atoms with Gasteiger partial charge >= 0.3 is 0 Å². The van der Waals surface area contributed by atoms with Gasteiger partial charge in [0.2, 0.25) is 47.3 Å². The molecule has 7 aliphatic rings. The second-order valence-electron chi connectivity index (χ2n) is 18.6. The average Bonchev–Trinajstić information content (AvgIpc) is 4.05. The van der Waals surface area contributed by atoms with E-state index in [1.165, 1.54) is 6.92 Å². The van der Waals surface area contributed by atoms with Crippen LogP contribution in [0.3, 0.4) is 0 Å². The lowest BCUT2D eigenvalue weighted by Crippen LogP contribution is -2.55. The van der Waals surface area contributed by atoms with E-state index in [9.17, 15) is 38.4 Å². The molecule has 8 amide bonds. The highest BCUT2D eigenvalue weighted by atomic mass is 16.2. The van der Waals surface area contributed by atoms with E-state index in [1.807, 2.05) is 0 Å². The maximum Gasteiger partial charge on any atom is 0.226 e. The Morgan fingerprint density at radius 1 is 0.355 bits per heavy atom. The van der Waals surface area contributed by atoms with Gasteiger partial charge in [-0.2, -0.15) is 0 Å². The first kappa shape index (κ1) is 48.7. The molecule has 0 aromatic rings. The van der Waals surface area contributed by atoms with Gasteiger partial charge in [-0.25, -0.2) is 0 Å². The standard InChI is InChI=1S/C42H66N10O8.2CH4/c1-21(53)46-30-13-3-8-23(30)37(55)48-31-14-5-10-25(31)39(57)51-34-19-45-18-28(34)42(60)50-33-16-6-11-26(33)40(58)52-35-20-44-17-27(35)41(59)49-32-15-4-9-24(32)38(56)47-29-12-2-7-22(29)36(43)54;;/h22-35,44-45H,2-20H2,1H3,(H2,43,54)(H,46,53)(H,47,56)(H,48,55)(H,49,59)(H,50,60)(H,51,57)(H,52,58);2*1H4. The van der Waals surface area contributed by atoms with Crippen LogP contribution in [-0.4, -0.2) is 116 Å².